The van der Waals surface area contributed by atoms with E-state index in [1.807, 2.05) is 12.3 Å². The SMILES string of the molecule is OCc1cnc(/N=c2/[nH]cc(-c3ccnc(OC4CCOCC4)n3)s2)cn1. The molecule has 1 aliphatic heterocycles. The van der Waals surface area contributed by atoms with Crippen LogP contribution in [0, 0.1) is 0 Å². The lowest BCUT2D eigenvalue weighted by Gasteiger charge is -2.22. The number of aliphatic hydroxyl groups is 1. The Kier molecular flexibility index (Phi) is 5.47. The molecule has 0 amide bonds. The van der Waals surface area contributed by atoms with Crippen molar-refractivity contribution in [3.8, 4) is 16.6 Å². The summed E-state index contributed by atoms with van der Waals surface area (Å²) in [6.07, 6.45) is 8.32. The Labute approximate surface area is 158 Å². The largest absolute Gasteiger partial charge is 0.460 e. The van der Waals surface area contributed by atoms with Gasteiger partial charge in [0.25, 0.3) is 0 Å². The summed E-state index contributed by atoms with van der Waals surface area (Å²) in [6.45, 7) is 1.27. The van der Waals surface area contributed by atoms with Crippen molar-refractivity contribution in [1.29, 1.82) is 0 Å². The van der Waals surface area contributed by atoms with Gasteiger partial charge in [-0.15, -0.1) is 0 Å². The Morgan fingerprint density at radius 1 is 1.26 bits per heavy atom. The van der Waals surface area contributed by atoms with E-state index in [2.05, 4.69) is 29.9 Å². The third-order valence-corrected chi connectivity index (χ3v) is 4.88. The third-order valence-electron chi connectivity index (χ3n) is 3.93. The molecule has 1 aliphatic rings. The number of H-pyrrole nitrogens is 1. The van der Waals surface area contributed by atoms with Crippen LogP contribution >= 0.6 is 11.3 Å². The van der Waals surface area contributed by atoms with Crippen LogP contribution in [0.4, 0.5) is 5.82 Å². The molecule has 3 aromatic heterocycles. The monoisotopic (exact) mass is 386 g/mol. The molecule has 9 nitrogen and oxygen atoms in total. The zero-order valence-electron chi connectivity index (χ0n) is 14.4. The van der Waals surface area contributed by atoms with E-state index in [0.29, 0.717) is 35.5 Å². The van der Waals surface area contributed by atoms with Gasteiger partial charge in [-0.25, -0.2) is 9.97 Å². The molecule has 1 fully saturated rings. The minimum absolute atomic E-state index is 0.0925. The second-order valence-electron chi connectivity index (χ2n) is 5.85. The number of aliphatic hydroxyl groups excluding tert-OH is 1. The molecule has 0 saturated carbocycles. The van der Waals surface area contributed by atoms with Gasteiger partial charge in [0.15, 0.2) is 10.6 Å². The van der Waals surface area contributed by atoms with E-state index in [-0.39, 0.29) is 12.7 Å². The van der Waals surface area contributed by atoms with E-state index in [1.165, 1.54) is 23.7 Å². The number of ether oxygens (including phenoxy) is 2. The molecular formula is C17H18N6O3S. The maximum Gasteiger partial charge on any atom is 0.317 e. The maximum absolute atomic E-state index is 9.01. The average Bonchev–Trinajstić information content (AvgIpc) is 3.18. The summed E-state index contributed by atoms with van der Waals surface area (Å²) < 4.78 is 11.2. The van der Waals surface area contributed by atoms with Gasteiger partial charge in [-0.1, -0.05) is 11.3 Å². The molecule has 0 atom stereocenters. The van der Waals surface area contributed by atoms with Crippen molar-refractivity contribution in [3.63, 3.8) is 0 Å². The summed E-state index contributed by atoms with van der Waals surface area (Å²) in [7, 11) is 0. The first kappa shape index (κ1) is 17.7. The van der Waals surface area contributed by atoms with Crippen molar-refractivity contribution < 1.29 is 14.6 Å². The van der Waals surface area contributed by atoms with Gasteiger partial charge in [0.1, 0.15) is 6.10 Å². The normalized spacial score (nSPS) is 15.8. The topological polar surface area (TPSA) is 118 Å². The molecule has 3 aromatic rings. The lowest BCUT2D eigenvalue weighted by Crippen LogP contribution is -2.26. The van der Waals surface area contributed by atoms with E-state index in [1.54, 1.807) is 6.20 Å². The standard InChI is InChI=1S/C17H18N6O3S/c24-10-11-7-20-15(9-19-11)23-17-21-8-14(27-17)13-1-4-18-16(22-13)26-12-2-5-25-6-3-12/h1,4,7-9,12,24H,2-3,5-6,10H2,(H,20,21,23). The molecule has 0 aromatic carbocycles. The minimum Gasteiger partial charge on any atom is -0.460 e. The summed E-state index contributed by atoms with van der Waals surface area (Å²) in [5.74, 6) is 0.461. The second kappa shape index (κ2) is 8.33. The van der Waals surface area contributed by atoms with Crippen LogP contribution in [-0.2, 0) is 11.3 Å². The number of nitrogens with one attached hydrogen (secondary N) is 1. The van der Waals surface area contributed by atoms with Crippen molar-refractivity contribution >= 4 is 17.2 Å². The molecule has 1 saturated heterocycles. The predicted molar refractivity (Wildman–Crippen MR) is 97.3 cm³/mol. The predicted octanol–water partition coefficient (Wildman–Crippen LogP) is 1.61. The number of aromatic amines is 1. The average molecular weight is 386 g/mol. The van der Waals surface area contributed by atoms with Crippen molar-refractivity contribution in [3.05, 3.63) is 41.3 Å². The van der Waals surface area contributed by atoms with E-state index < -0.39 is 0 Å². The first-order valence-electron chi connectivity index (χ1n) is 8.53. The summed E-state index contributed by atoms with van der Waals surface area (Å²) >= 11 is 1.44. The number of thiazole rings is 1. The van der Waals surface area contributed by atoms with Crippen LogP contribution in [0.2, 0.25) is 0 Å². The smallest absolute Gasteiger partial charge is 0.317 e. The van der Waals surface area contributed by atoms with Crippen LogP contribution in [0.5, 0.6) is 6.01 Å². The van der Waals surface area contributed by atoms with Crippen LogP contribution in [-0.4, -0.2) is 49.3 Å². The van der Waals surface area contributed by atoms with Gasteiger partial charge in [-0.05, 0) is 6.07 Å². The van der Waals surface area contributed by atoms with Gasteiger partial charge in [0.05, 0.1) is 48.5 Å². The van der Waals surface area contributed by atoms with Gasteiger partial charge in [0, 0.05) is 25.2 Å². The Hall–Kier alpha value is -2.69. The third kappa shape index (κ3) is 4.54. The quantitative estimate of drug-likeness (QED) is 0.684. The Morgan fingerprint density at radius 3 is 2.93 bits per heavy atom. The summed E-state index contributed by atoms with van der Waals surface area (Å²) in [5.41, 5.74) is 1.26. The summed E-state index contributed by atoms with van der Waals surface area (Å²) in [5, 5.41) is 9.01. The molecule has 2 N–H and O–H groups in total. The molecule has 4 heterocycles. The molecule has 0 spiro atoms. The first-order chi connectivity index (χ1) is 13.3. The second-order valence-corrected chi connectivity index (χ2v) is 6.88. The highest BCUT2D eigenvalue weighted by molar-refractivity contribution is 7.12. The number of rotatable bonds is 5. The molecule has 27 heavy (non-hydrogen) atoms. The van der Waals surface area contributed by atoms with E-state index in [9.17, 15) is 0 Å². The van der Waals surface area contributed by atoms with Crippen molar-refractivity contribution in [2.45, 2.75) is 25.6 Å². The van der Waals surface area contributed by atoms with Crippen molar-refractivity contribution in [1.82, 2.24) is 24.9 Å². The number of aromatic nitrogens is 5. The van der Waals surface area contributed by atoms with Gasteiger partial charge >= 0.3 is 6.01 Å². The van der Waals surface area contributed by atoms with Crippen molar-refractivity contribution in [2.24, 2.45) is 4.99 Å². The molecule has 0 aliphatic carbocycles. The summed E-state index contributed by atoms with van der Waals surface area (Å²) in [4.78, 5) is 26.0. The fraction of sp³-hybridized carbons (Fsp3) is 0.353. The molecule has 140 valence electrons. The molecule has 10 heteroatoms. The number of hydrogen-bond donors (Lipinski definition) is 2. The Balaban J connectivity index is 1.52. The van der Waals surface area contributed by atoms with Gasteiger partial charge in [-0.3, -0.25) is 4.98 Å². The zero-order chi connectivity index (χ0) is 18.5. The fourth-order valence-corrected chi connectivity index (χ4v) is 3.34. The number of hydrogen-bond acceptors (Lipinski definition) is 9. The van der Waals surface area contributed by atoms with Gasteiger partial charge < -0.3 is 19.6 Å². The first-order valence-corrected chi connectivity index (χ1v) is 9.34. The molecule has 0 unspecified atom stereocenters. The Bertz CT molecular complexity index is 950. The lowest BCUT2D eigenvalue weighted by atomic mass is 10.2. The highest BCUT2D eigenvalue weighted by atomic mass is 32.1. The Morgan fingerprint density at radius 2 is 2.15 bits per heavy atom. The van der Waals surface area contributed by atoms with E-state index in [0.717, 1.165) is 23.4 Å². The van der Waals surface area contributed by atoms with Crippen LogP contribution in [0.1, 0.15) is 18.5 Å². The zero-order valence-corrected chi connectivity index (χ0v) is 15.2. The molecule has 0 radical (unpaired) electrons. The van der Waals surface area contributed by atoms with Crippen molar-refractivity contribution in [2.75, 3.05) is 13.2 Å². The molecule has 4 rings (SSSR count). The van der Waals surface area contributed by atoms with Crippen LogP contribution in [0.3, 0.4) is 0 Å². The maximum atomic E-state index is 9.01. The van der Waals surface area contributed by atoms with E-state index in [4.69, 9.17) is 14.6 Å². The fourth-order valence-electron chi connectivity index (χ4n) is 2.54. The van der Waals surface area contributed by atoms with Crippen LogP contribution in [0.25, 0.3) is 10.6 Å². The lowest BCUT2D eigenvalue weighted by molar-refractivity contribution is 0.0217. The van der Waals surface area contributed by atoms with Crippen LogP contribution < -0.4 is 9.54 Å². The highest BCUT2D eigenvalue weighted by Gasteiger charge is 2.17. The van der Waals surface area contributed by atoms with E-state index >= 15 is 0 Å². The number of nitrogens with zero attached hydrogens (tertiary/aromatic N) is 5. The van der Waals surface area contributed by atoms with Crippen LogP contribution in [0.15, 0.2) is 35.8 Å². The molecule has 0 bridgehead atoms. The highest BCUT2D eigenvalue weighted by Crippen LogP contribution is 2.21. The molecular weight excluding hydrogens is 368 g/mol. The minimum atomic E-state index is -0.144. The summed E-state index contributed by atoms with van der Waals surface area (Å²) in [6, 6.07) is 2.20. The van der Waals surface area contributed by atoms with Gasteiger partial charge in [-0.2, -0.15) is 9.98 Å². The van der Waals surface area contributed by atoms with Gasteiger partial charge in [0.2, 0.25) is 0 Å².